The van der Waals surface area contributed by atoms with Crippen LogP contribution in [0.3, 0.4) is 0 Å². The van der Waals surface area contributed by atoms with Gasteiger partial charge in [-0.25, -0.2) is 0 Å². The lowest BCUT2D eigenvalue weighted by Crippen LogP contribution is -1.68. The van der Waals surface area contributed by atoms with E-state index in [1.54, 1.807) is 6.08 Å². The third kappa shape index (κ3) is 2.08. The van der Waals surface area contributed by atoms with Gasteiger partial charge in [0, 0.05) is 6.42 Å². The summed E-state index contributed by atoms with van der Waals surface area (Å²) in [4.78, 5) is 9.93. The molecule has 0 atom stereocenters. The number of rotatable bonds is 3. The van der Waals surface area contributed by atoms with Crippen molar-refractivity contribution in [1.29, 1.82) is 0 Å². The molecule has 0 spiro atoms. The monoisotopic (exact) mass is 150 g/mol. The fourth-order valence-corrected chi connectivity index (χ4v) is 0.808. The quantitative estimate of drug-likeness (QED) is 0.487. The van der Waals surface area contributed by atoms with Crippen molar-refractivity contribution < 1.29 is 9.21 Å². The molecule has 1 aromatic rings. The van der Waals surface area contributed by atoms with Crippen LogP contribution in [-0.4, -0.2) is 6.29 Å². The SMILES string of the molecule is CCc1ccc(C=CC=O)o1. The Morgan fingerprint density at radius 1 is 1.55 bits per heavy atom. The Balaban J connectivity index is 2.72. The number of carbonyl (C=O) groups is 1. The molecule has 1 heterocycles. The number of aldehydes is 1. The first-order valence-electron chi connectivity index (χ1n) is 3.57. The van der Waals surface area contributed by atoms with Crippen molar-refractivity contribution in [2.75, 3.05) is 0 Å². The molecule has 2 nitrogen and oxygen atoms in total. The van der Waals surface area contributed by atoms with Gasteiger partial charge in [-0.3, -0.25) is 4.79 Å². The molecule has 0 radical (unpaired) electrons. The molecule has 0 fully saturated rings. The minimum absolute atomic E-state index is 0.730. The molecule has 0 aliphatic heterocycles. The zero-order valence-corrected chi connectivity index (χ0v) is 6.41. The van der Waals surface area contributed by atoms with Gasteiger partial charge >= 0.3 is 0 Å². The molecule has 0 unspecified atom stereocenters. The Kier molecular flexibility index (Phi) is 2.66. The van der Waals surface area contributed by atoms with E-state index in [9.17, 15) is 4.79 Å². The molecule has 0 saturated carbocycles. The summed E-state index contributed by atoms with van der Waals surface area (Å²) in [7, 11) is 0. The summed E-state index contributed by atoms with van der Waals surface area (Å²) in [6, 6.07) is 3.75. The van der Waals surface area contributed by atoms with Gasteiger partial charge in [0.1, 0.15) is 17.8 Å². The van der Waals surface area contributed by atoms with Crippen molar-refractivity contribution in [2.24, 2.45) is 0 Å². The van der Waals surface area contributed by atoms with E-state index in [1.165, 1.54) is 6.08 Å². The predicted octanol–water partition coefficient (Wildman–Crippen LogP) is 2.05. The van der Waals surface area contributed by atoms with Crippen molar-refractivity contribution in [3.63, 3.8) is 0 Å². The van der Waals surface area contributed by atoms with Crippen LogP contribution >= 0.6 is 0 Å². The Hall–Kier alpha value is -1.31. The van der Waals surface area contributed by atoms with Crippen molar-refractivity contribution in [3.8, 4) is 0 Å². The van der Waals surface area contributed by atoms with Gasteiger partial charge in [-0.15, -0.1) is 0 Å². The van der Waals surface area contributed by atoms with Crippen molar-refractivity contribution in [3.05, 3.63) is 29.7 Å². The summed E-state index contributed by atoms with van der Waals surface area (Å²) < 4.78 is 5.29. The minimum Gasteiger partial charge on any atom is -0.462 e. The van der Waals surface area contributed by atoms with Gasteiger partial charge in [0.25, 0.3) is 0 Å². The fourth-order valence-electron chi connectivity index (χ4n) is 0.808. The van der Waals surface area contributed by atoms with Crippen LogP contribution in [-0.2, 0) is 11.2 Å². The van der Waals surface area contributed by atoms with Crippen molar-refractivity contribution in [2.45, 2.75) is 13.3 Å². The maximum atomic E-state index is 9.93. The third-order valence-corrected chi connectivity index (χ3v) is 1.37. The highest BCUT2D eigenvalue weighted by molar-refractivity contribution is 5.72. The average molecular weight is 150 g/mol. The largest absolute Gasteiger partial charge is 0.462 e. The van der Waals surface area contributed by atoms with Crippen LogP contribution in [0.15, 0.2) is 22.6 Å². The Morgan fingerprint density at radius 2 is 2.36 bits per heavy atom. The molecule has 0 aliphatic rings. The zero-order chi connectivity index (χ0) is 8.10. The lowest BCUT2D eigenvalue weighted by Gasteiger charge is -1.84. The number of allylic oxidation sites excluding steroid dienone is 1. The van der Waals surface area contributed by atoms with Crippen molar-refractivity contribution >= 4 is 12.4 Å². The second kappa shape index (κ2) is 3.76. The molecule has 1 rings (SSSR count). The summed E-state index contributed by atoms with van der Waals surface area (Å²) >= 11 is 0. The molecule has 11 heavy (non-hydrogen) atoms. The Bertz CT molecular complexity index is 258. The number of aryl methyl sites for hydroxylation is 1. The third-order valence-electron chi connectivity index (χ3n) is 1.37. The van der Waals surface area contributed by atoms with E-state index < -0.39 is 0 Å². The minimum atomic E-state index is 0.730. The second-order valence-corrected chi connectivity index (χ2v) is 2.15. The Labute approximate surface area is 65.5 Å². The summed E-state index contributed by atoms with van der Waals surface area (Å²) in [5, 5.41) is 0. The average Bonchev–Trinajstić information content (AvgIpc) is 2.48. The highest BCUT2D eigenvalue weighted by Gasteiger charge is 1.94. The number of carbonyl (C=O) groups excluding carboxylic acids is 1. The highest BCUT2D eigenvalue weighted by atomic mass is 16.3. The molecule has 0 N–H and O–H groups in total. The molecule has 58 valence electrons. The summed E-state index contributed by atoms with van der Waals surface area (Å²) in [5.74, 6) is 1.67. The standard InChI is InChI=1S/C9H10O2/c1-2-8-5-6-9(11-8)4-3-7-10/h3-7H,2H2,1H3. The van der Waals surface area contributed by atoms with Gasteiger partial charge in [0.05, 0.1) is 0 Å². The van der Waals surface area contributed by atoms with Crippen LogP contribution in [0.4, 0.5) is 0 Å². The normalized spacial score (nSPS) is 10.6. The first-order chi connectivity index (χ1) is 5.36. The highest BCUT2D eigenvalue weighted by Crippen LogP contribution is 2.09. The number of hydrogen-bond acceptors (Lipinski definition) is 2. The molecule has 0 amide bonds. The summed E-state index contributed by atoms with van der Waals surface area (Å²) in [6.07, 6.45) is 4.67. The van der Waals surface area contributed by atoms with Crippen LogP contribution in [0.2, 0.25) is 0 Å². The Morgan fingerprint density at radius 3 is 2.91 bits per heavy atom. The molecular formula is C9H10O2. The van der Waals surface area contributed by atoms with Crippen LogP contribution in [0, 0.1) is 0 Å². The smallest absolute Gasteiger partial charge is 0.142 e. The first kappa shape index (κ1) is 7.79. The first-order valence-corrected chi connectivity index (χ1v) is 3.57. The maximum Gasteiger partial charge on any atom is 0.142 e. The molecule has 0 aromatic carbocycles. The molecule has 0 bridgehead atoms. The zero-order valence-electron chi connectivity index (χ0n) is 6.41. The van der Waals surface area contributed by atoms with E-state index in [0.29, 0.717) is 0 Å². The van der Waals surface area contributed by atoms with Gasteiger partial charge in [-0.05, 0) is 24.3 Å². The number of hydrogen-bond donors (Lipinski definition) is 0. The predicted molar refractivity (Wildman–Crippen MR) is 43.2 cm³/mol. The maximum absolute atomic E-state index is 9.93. The second-order valence-electron chi connectivity index (χ2n) is 2.15. The fraction of sp³-hybridized carbons (Fsp3) is 0.222. The molecule has 0 aliphatic carbocycles. The number of furan rings is 1. The van der Waals surface area contributed by atoms with Gasteiger partial charge in [-0.2, -0.15) is 0 Å². The topological polar surface area (TPSA) is 30.2 Å². The van der Waals surface area contributed by atoms with E-state index in [1.807, 2.05) is 19.1 Å². The van der Waals surface area contributed by atoms with Crippen molar-refractivity contribution in [1.82, 2.24) is 0 Å². The van der Waals surface area contributed by atoms with Gasteiger partial charge in [-0.1, -0.05) is 6.92 Å². The van der Waals surface area contributed by atoms with E-state index in [2.05, 4.69) is 0 Å². The summed E-state index contributed by atoms with van der Waals surface area (Å²) in [6.45, 7) is 2.02. The van der Waals surface area contributed by atoms with Crippen LogP contribution in [0.25, 0.3) is 6.08 Å². The van der Waals surface area contributed by atoms with Crippen LogP contribution in [0.1, 0.15) is 18.4 Å². The molecular weight excluding hydrogens is 140 g/mol. The van der Waals surface area contributed by atoms with E-state index in [4.69, 9.17) is 4.42 Å². The van der Waals surface area contributed by atoms with Gasteiger partial charge in [0.2, 0.25) is 0 Å². The lowest BCUT2D eigenvalue weighted by molar-refractivity contribution is -0.104. The molecule has 2 heteroatoms. The van der Waals surface area contributed by atoms with E-state index in [0.717, 1.165) is 24.2 Å². The van der Waals surface area contributed by atoms with E-state index >= 15 is 0 Å². The van der Waals surface area contributed by atoms with Crippen LogP contribution < -0.4 is 0 Å². The lowest BCUT2D eigenvalue weighted by atomic mass is 10.3. The van der Waals surface area contributed by atoms with Gasteiger partial charge < -0.3 is 4.42 Å². The van der Waals surface area contributed by atoms with E-state index in [-0.39, 0.29) is 0 Å². The molecule has 0 saturated heterocycles. The molecule has 1 aromatic heterocycles. The van der Waals surface area contributed by atoms with Crippen LogP contribution in [0.5, 0.6) is 0 Å². The summed E-state index contributed by atoms with van der Waals surface area (Å²) in [5.41, 5.74) is 0. The van der Waals surface area contributed by atoms with Gasteiger partial charge in [0.15, 0.2) is 0 Å².